The fourth-order valence-corrected chi connectivity index (χ4v) is 4.20. The van der Waals surface area contributed by atoms with Gasteiger partial charge in [0.2, 0.25) is 0 Å². The van der Waals surface area contributed by atoms with Crippen molar-refractivity contribution in [2.24, 2.45) is 0 Å². The number of nitrogens with one attached hydrogen (secondary N) is 1. The lowest BCUT2D eigenvalue weighted by Gasteiger charge is -2.38. The molecule has 0 bridgehead atoms. The van der Waals surface area contributed by atoms with Gasteiger partial charge in [0.05, 0.1) is 7.11 Å². The second-order valence-corrected chi connectivity index (χ2v) is 7.67. The maximum absolute atomic E-state index is 12.6. The maximum Gasteiger partial charge on any atom is 0.321 e. The lowest BCUT2D eigenvalue weighted by molar-refractivity contribution is 0.115. The summed E-state index contributed by atoms with van der Waals surface area (Å²) in [5, 5.41) is 3.00. The molecule has 29 heavy (non-hydrogen) atoms. The van der Waals surface area contributed by atoms with Gasteiger partial charge < -0.3 is 19.7 Å². The summed E-state index contributed by atoms with van der Waals surface area (Å²) >= 11 is 0. The Morgan fingerprint density at radius 3 is 2.24 bits per heavy atom. The lowest BCUT2D eigenvalue weighted by Crippen LogP contribution is -2.52. The van der Waals surface area contributed by atoms with Crippen LogP contribution in [-0.2, 0) is 0 Å². The molecule has 0 radical (unpaired) electrons. The van der Waals surface area contributed by atoms with Gasteiger partial charge in [-0.2, -0.15) is 0 Å². The Labute approximate surface area is 172 Å². The Morgan fingerprint density at radius 2 is 1.59 bits per heavy atom. The zero-order valence-electron chi connectivity index (χ0n) is 17.0. The van der Waals surface area contributed by atoms with Gasteiger partial charge in [-0.25, -0.2) is 4.79 Å². The van der Waals surface area contributed by atoms with Gasteiger partial charge in [0.1, 0.15) is 5.75 Å². The summed E-state index contributed by atoms with van der Waals surface area (Å²) in [6, 6.07) is 15.6. The van der Waals surface area contributed by atoms with Gasteiger partial charge in [-0.05, 0) is 49.2 Å². The Kier molecular flexibility index (Phi) is 6.20. The van der Waals surface area contributed by atoms with E-state index in [1.165, 1.54) is 25.7 Å². The van der Waals surface area contributed by atoms with E-state index in [2.05, 4.69) is 10.2 Å². The first kappa shape index (κ1) is 19.6. The van der Waals surface area contributed by atoms with Crippen molar-refractivity contribution < 1.29 is 14.3 Å². The number of para-hydroxylation sites is 2. The van der Waals surface area contributed by atoms with Gasteiger partial charge in [-0.3, -0.25) is 4.90 Å². The molecule has 1 saturated carbocycles. The number of nitrogens with zero attached hydrogens (tertiary/aromatic N) is 2. The number of anilines is 1. The van der Waals surface area contributed by atoms with Crippen LogP contribution in [0.1, 0.15) is 25.7 Å². The van der Waals surface area contributed by atoms with E-state index in [1.807, 2.05) is 53.4 Å². The standard InChI is InChI=1S/C23H29N3O3/c1-28-21-8-4-5-9-22(21)29-20-12-10-18(11-13-20)24-23(27)26-16-14-25(15-17-26)19-6-2-3-7-19/h4-5,8-13,19H,2-3,6-7,14-17H2,1H3,(H,24,27). The van der Waals surface area contributed by atoms with Crippen molar-refractivity contribution in [3.05, 3.63) is 48.5 Å². The average molecular weight is 396 g/mol. The molecule has 0 atom stereocenters. The number of rotatable bonds is 5. The molecule has 1 aliphatic heterocycles. The van der Waals surface area contributed by atoms with Gasteiger partial charge in [-0.1, -0.05) is 25.0 Å². The molecular formula is C23H29N3O3. The molecule has 1 N–H and O–H groups in total. The van der Waals surface area contributed by atoms with Gasteiger partial charge in [0.25, 0.3) is 0 Å². The number of carbonyl (C=O) groups excluding carboxylic acids is 1. The predicted octanol–water partition coefficient (Wildman–Crippen LogP) is 4.58. The SMILES string of the molecule is COc1ccccc1Oc1ccc(NC(=O)N2CCN(C3CCCC3)CC2)cc1. The molecule has 2 aliphatic rings. The van der Waals surface area contributed by atoms with Crippen molar-refractivity contribution >= 4 is 11.7 Å². The molecule has 1 saturated heterocycles. The van der Waals surface area contributed by atoms with Crippen LogP contribution in [0.15, 0.2) is 48.5 Å². The van der Waals surface area contributed by atoms with Crippen LogP contribution in [0.25, 0.3) is 0 Å². The molecule has 2 aromatic carbocycles. The van der Waals surface area contributed by atoms with Crippen molar-refractivity contribution in [2.75, 3.05) is 38.6 Å². The second kappa shape index (κ2) is 9.18. The van der Waals surface area contributed by atoms with Crippen LogP contribution >= 0.6 is 0 Å². The number of amides is 2. The van der Waals surface area contributed by atoms with Crippen molar-refractivity contribution in [1.82, 2.24) is 9.80 Å². The highest BCUT2D eigenvalue weighted by atomic mass is 16.5. The molecule has 1 aliphatic carbocycles. The number of urea groups is 1. The van der Waals surface area contributed by atoms with E-state index in [1.54, 1.807) is 7.11 Å². The summed E-state index contributed by atoms with van der Waals surface area (Å²) in [4.78, 5) is 17.1. The van der Waals surface area contributed by atoms with E-state index in [4.69, 9.17) is 9.47 Å². The number of hydrogen-bond acceptors (Lipinski definition) is 4. The zero-order chi connectivity index (χ0) is 20.1. The summed E-state index contributed by atoms with van der Waals surface area (Å²) < 4.78 is 11.2. The minimum absolute atomic E-state index is 0.0329. The fourth-order valence-electron chi connectivity index (χ4n) is 4.20. The minimum Gasteiger partial charge on any atom is -0.493 e. The summed E-state index contributed by atoms with van der Waals surface area (Å²) in [6.07, 6.45) is 5.33. The third-order valence-electron chi connectivity index (χ3n) is 5.85. The summed E-state index contributed by atoms with van der Waals surface area (Å²) in [6.45, 7) is 3.53. The first-order valence-corrected chi connectivity index (χ1v) is 10.4. The maximum atomic E-state index is 12.6. The number of hydrogen-bond donors (Lipinski definition) is 1. The van der Waals surface area contributed by atoms with Crippen LogP contribution in [0.3, 0.4) is 0 Å². The zero-order valence-corrected chi connectivity index (χ0v) is 17.0. The highest BCUT2D eigenvalue weighted by Crippen LogP contribution is 2.31. The third kappa shape index (κ3) is 4.82. The van der Waals surface area contributed by atoms with Gasteiger partial charge in [0.15, 0.2) is 11.5 Å². The van der Waals surface area contributed by atoms with Crippen LogP contribution < -0.4 is 14.8 Å². The molecular weight excluding hydrogens is 366 g/mol. The molecule has 154 valence electrons. The first-order chi connectivity index (χ1) is 14.2. The number of ether oxygens (including phenoxy) is 2. The Balaban J connectivity index is 1.29. The predicted molar refractivity (Wildman–Crippen MR) is 114 cm³/mol. The monoisotopic (exact) mass is 395 g/mol. The summed E-state index contributed by atoms with van der Waals surface area (Å²) in [5.74, 6) is 2.03. The van der Waals surface area contributed by atoms with Gasteiger partial charge in [-0.15, -0.1) is 0 Å². The molecule has 0 spiro atoms. The van der Waals surface area contributed by atoms with E-state index < -0.39 is 0 Å². The van der Waals surface area contributed by atoms with E-state index in [9.17, 15) is 4.79 Å². The fraction of sp³-hybridized carbons (Fsp3) is 0.435. The van der Waals surface area contributed by atoms with E-state index in [0.717, 1.165) is 37.9 Å². The van der Waals surface area contributed by atoms with Crippen molar-refractivity contribution in [2.45, 2.75) is 31.7 Å². The topological polar surface area (TPSA) is 54.0 Å². The molecule has 2 fully saturated rings. The quantitative estimate of drug-likeness (QED) is 0.805. The van der Waals surface area contributed by atoms with Crippen LogP contribution in [0, 0.1) is 0 Å². The number of methoxy groups -OCH3 is 1. The second-order valence-electron chi connectivity index (χ2n) is 7.67. The molecule has 0 aromatic heterocycles. The van der Waals surface area contributed by atoms with Crippen molar-refractivity contribution in [3.63, 3.8) is 0 Å². The minimum atomic E-state index is -0.0329. The highest BCUT2D eigenvalue weighted by molar-refractivity contribution is 5.89. The number of benzene rings is 2. The number of piperazine rings is 1. The van der Waals surface area contributed by atoms with Gasteiger partial charge >= 0.3 is 6.03 Å². The Morgan fingerprint density at radius 1 is 0.931 bits per heavy atom. The third-order valence-corrected chi connectivity index (χ3v) is 5.85. The molecule has 2 aromatic rings. The molecule has 6 heteroatoms. The highest BCUT2D eigenvalue weighted by Gasteiger charge is 2.27. The summed E-state index contributed by atoms with van der Waals surface area (Å²) in [5.41, 5.74) is 0.764. The lowest BCUT2D eigenvalue weighted by atomic mass is 10.2. The van der Waals surface area contributed by atoms with Crippen molar-refractivity contribution in [3.8, 4) is 17.2 Å². The van der Waals surface area contributed by atoms with E-state index in [0.29, 0.717) is 17.2 Å². The molecule has 4 rings (SSSR count). The Bertz CT molecular complexity index is 810. The molecule has 0 unspecified atom stereocenters. The smallest absolute Gasteiger partial charge is 0.321 e. The molecule has 6 nitrogen and oxygen atoms in total. The van der Waals surface area contributed by atoms with E-state index >= 15 is 0 Å². The van der Waals surface area contributed by atoms with Crippen molar-refractivity contribution in [1.29, 1.82) is 0 Å². The van der Waals surface area contributed by atoms with Crippen LogP contribution in [0.5, 0.6) is 17.2 Å². The Hall–Kier alpha value is -2.73. The van der Waals surface area contributed by atoms with Gasteiger partial charge in [0, 0.05) is 37.9 Å². The first-order valence-electron chi connectivity index (χ1n) is 10.4. The van der Waals surface area contributed by atoms with Crippen LogP contribution in [0.4, 0.5) is 10.5 Å². The van der Waals surface area contributed by atoms with E-state index in [-0.39, 0.29) is 6.03 Å². The normalized spacial score (nSPS) is 17.9. The molecule has 2 amide bonds. The van der Waals surface area contributed by atoms with Crippen LogP contribution in [-0.4, -0.2) is 55.2 Å². The van der Waals surface area contributed by atoms with Crippen LogP contribution in [0.2, 0.25) is 0 Å². The number of carbonyl (C=O) groups is 1. The largest absolute Gasteiger partial charge is 0.493 e. The average Bonchev–Trinajstić information content (AvgIpc) is 3.30. The molecule has 1 heterocycles. The summed E-state index contributed by atoms with van der Waals surface area (Å²) in [7, 11) is 1.62.